The van der Waals surface area contributed by atoms with Gasteiger partial charge in [-0.3, -0.25) is 4.98 Å². The molecule has 12 heavy (non-hydrogen) atoms. The maximum Gasteiger partial charge on any atom is 0.133 e. The molecule has 4 nitrogen and oxygen atoms in total. The maximum absolute atomic E-state index is 8.81. The molecule has 0 unspecified atom stereocenters. The fraction of sp³-hybridized carbons (Fsp3) is 0.143. The standard InChI is InChI=1S/C7H6IN3O/c8-4-1-9-2-5-7(4)11-6(3-12)10-5/h1-2,12H,3H2,(H,10,11). The summed E-state index contributed by atoms with van der Waals surface area (Å²) in [6, 6.07) is 0. The first-order valence-electron chi connectivity index (χ1n) is 3.40. The summed E-state index contributed by atoms with van der Waals surface area (Å²) < 4.78 is 0.987. The van der Waals surface area contributed by atoms with Gasteiger partial charge in [-0.1, -0.05) is 0 Å². The SMILES string of the molecule is OCc1nc2c(I)cncc2[nH]1. The number of nitrogens with zero attached hydrogens (tertiary/aromatic N) is 2. The van der Waals surface area contributed by atoms with E-state index in [1.165, 1.54) is 0 Å². The lowest BCUT2D eigenvalue weighted by atomic mass is 10.4. The van der Waals surface area contributed by atoms with Gasteiger partial charge in [0.2, 0.25) is 0 Å². The van der Waals surface area contributed by atoms with E-state index in [4.69, 9.17) is 5.11 Å². The molecule has 0 fully saturated rings. The third kappa shape index (κ3) is 1.18. The molecule has 2 aromatic heterocycles. The molecular weight excluding hydrogens is 269 g/mol. The molecule has 0 aromatic carbocycles. The molecule has 0 saturated carbocycles. The Morgan fingerprint density at radius 1 is 1.50 bits per heavy atom. The quantitative estimate of drug-likeness (QED) is 0.765. The highest BCUT2D eigenvalue weighted by atomic mass is 127. The molecule has 0 radical (unpaired) electrons. The third-order valence-electron chi connectivity index (χ3n) is 1.55. The molecule has 0 aliphatic rings. The topological polar surface area (TPSA) is 61.8 Å². The van der Waals surface area contributed by atoms with E-state index in [2.05, 4.69) is 37.5 Å². The highest BCUT2D eigenvalue weighted by Gasteiger charge is 2.04. The van der Waals surface area contributed by atoms with Gasteiger partial charge in [0.1, 0.15) is 17.9 Å². The van der Waals surface area contributed by atoms with Crippen LogP contribution in [0.25, 0.3) is 11.0 Å². The maximum atomic E-state index is 8.81. The van der Waals surface area contributed by atoms with E-state index in [0.717, 1.165) is 14.6 Å². The number of halogens is 1. The van der Waals surface area contributed by atoms with Gasteiger partial charge in [-0.25, -0.2) is 4.98 Å². The molecule has 0 spiro atoms. The summed E-state index contributed by atoms with van der Waals surface area (Å²) in [6.45, 7) is -0.0647. The summed E-state index contributed by atoms with van der Waals surface area (Å²) in [5, 5.41) is 8.81. The number of nitrogens with one attached hydrogen (secondary N) is 1. The number of fused-ring (bicyclic) bond motifs is 1. The summed E-state index contributed by atoms with van der Waals surface area (Å²) in [6.07, 6.45) is 3.44. The third-order valence-corrected chi connectivity index (χ3v) is 2.34. The van der Waals surface area contributed by atoms with Crippen molar-refractivity contribution in [2.75, 3.05) is 0 Å². The summed E-state index contributed by atoms with van der Waals surface area (Å²) in [7, 11) is 0. The van der Waals surface area contributed by atoms with E-state index in [1.807, 2.05) is 0 Å². The van der Waals surface area contributed by atoms with Crippen LogP contribution in [0.4, 0.5) is 0 Å². The number of pyridine rings is 1. The van der Waals surface area contributed by atoms with Crippen molar-refractivity contribution in [3.63, 3.8) is 0 Å². The fourth-order valence-corrected chi connectivity index (χ4v) is 1.60. The minimum Gasteiger partial charge on any atom is -0.388 e. The predicted octanol–water partition coefficient (Wildman–Crippen LogP) is 1.05. The zero-order chi connectivity index (χ0) is 8.55. The summed E-state index contributed by atoms with van der Waals surface area (Å²) in [5.74, 6) is 0.580. The van der Waals surface area contributed by atoms with Gasteiger partial charge >= 0.3 is 0 Å². The number of aromatic nitrogens is 3. The molecule has 2 heterocycles. The van der Waals surface area contributed by atoms with E-state index in [1.54, 1.807) is 12.4 Å². The van der Waals surface area contributed by atoms with Crippen molar-refractivity contribution < 1.29 is 5.11 Å². The van der Waals surface area contributed by atoms with Crippen LogP contribution in [0, 0.1) is 3.57 Å². The van der Waals surface area contributed by atoms with Gasteiger partial charge in [-0.05, 0) is 22.6 Å². The average molecular weight is 275 g/mol. The number of aliphatic hydroxyl groups excluding tert-OH is 1. The zero-order valence-electron chi connectivity index (χ0n) is 6.08. The summed E-state index contributed by atoms with van der Waals surface area (Å²) >= 11 is 2.16. The Morgan fingerprint density at radius 2 is 2.33 bits per heavy atom. The monoisotopic (exact) mass is 275 g/mol. The van der Waals surface area contributed by atoms with Crippen molar-refractivity contribution in [1.29, 1.82) is 0 Å². The normalized spacial score (nSPS) is 10.8. The molecule has 0 aliphatic heterocycles. The van der Waals surface area contributed by atoms with Crippen molar-refractivity contribution in [1.82, 2.24) is 15.0 Å². The van der Waals surface area contributed by atoms with Gasteiger partial charge in [-0.15, -0.1) is 0 Å². The number of rotatable bonds is 1. The molecule has 0 aliphatic carbocycles. The lowest BCUT2D eigenvalue weighted by Crippen LogP contribution is -1.83. The van der Waals surface area contributed by atoms with Gasteiger partial charge in [0.25, 0.3) is 0 Å². The van der Waals surface area contributed by atoms with Crippen LogP contribution in [-0.4, -0.2) is 20.1 Å². The highest BCUT2D eigenvalue weighted by molar-refractivity contribution is 14.1. The van der Waals surface area contributed by atoms with E-state index >= 15 is 0 Å². The van der Waals surface area contributed by atoms with Crippen LogP contribution in [0.15, 0.2) is 12.4 Å². The van der Waals surface area contributed by atoms with Crippen molar-refractivity contribution in [2.45, 2.75) is 6.61 Å². The number of aromatic amines is 1. The number of aliphatic hydroxyl groups is 1. The largest absolute Gasteiger partial charge is 0.388 e. The number of hydrogen-bond acceptors (Lipinski definition) is 3. The van der Waals surface area contributed by atoms with E-state index in [0.29, 0.717) is 5.82 Å². The van der Waals surface area contributed by atoms with Crippen LogP contribution >= 0.6 is 22.6 Å². The molecule has 2 N–H and O–H groups in total. The van der Waals surface area contributed by atoms with Crippen LogP contribution in [0.2, 0.25) is 0 Å². The van der Waals surface area contributed by atoms with Crippen LogP contribution in [0.5, 0.6) is 0 Å². The van der Waals surface area contributed by atoms with Gasteiger partial charge in [0.05, 0.1) is 15.3 Å². The minimum atomic E-state index is -0.0647. The van der Waals surface area contributed by atoms with Gasteiger partial charge in [0, 0.05) is 6.20 Å². The summed E-state index contributed by atoms with van der Waals surface area (Å²) in [4.78, 5) is 11.1. The smallest absolute Gasteiger partial charge is 0.133 e. The molecule has 0 saturated heterocycles. The van der Waals surface area contributed by atoms with Crippen LogP contribution in [0.3, 0.4) is 0 Å². The Labute approximate surface area is 82.2 Å². The Morgan fingerprint density at radius 3 is 3.00 bits per heavy atom. The predicted molar refractivity (Wildman–Crippen MR) is 52.5 cm³/mol. The molecule has 0 amide bonds. The summed E-state index contributed by atoms with van der Waals surface area (Å²) in [5.41, 5.74) is 1.74. The van der Waals surface area contributed by atoms with Gasteiger partial charge < -0.3 is 10.1 Å². The molecule has 2 aromatic rings. The molecule has 0 atom stereocenters. The number of imidazole rings is 1. The highest BCUT2D eigenvalue weighted by Crippen LogP contribution is 2.16. The first-order chi connectivity index (χ1) is 5.81. The lowest BCUT2D eigenvalue weighted by Gasteiger charge is -1.87. The van der Waals surface area contributed by atoms with Crippen molar-refractivity contribution >= 4 is 33.6 Å². The van der Waals surface area contributed by atoms with Gasteiger partial charge in [0.15, 0.2) is 0 Å². The second kappa shape index (κ2) is 2.98. The van der Waals surface area contributed by atoms with Crippen molar-refractivity contribution in [3.05, 3.63) is 21.8 Å². The zero-order valence-corrected chi connectivity index (χ0v) is 8.24. The number of H-pyrrole nitrogens is 1. The van der Waals surface area contributed by atoms with Crippen LogP contribution in [0.1, 0.15) is 5.82 Å². The molecule has 2 rings (SSSR count). The molecule has 5 heteroatoms. The lowest BCUT2D eigenvalue weighted by molar-refractivity contribution is 0.273. The van der Waals surface area contributed by atoms with Crippen molar-refractivity contribution in [2.24, 2.45) is 0 Å². The Balaban J connectivity index is 2.74. The van der Waals surface area contributed by atoms with E-state index in [-0.39, 0.29) is 6.61 Å². The minimum absolute atomic E-state index is 0.0647. The average Bonchev–Trinajstić information content (AvgIpc) is 2.49. The Bertz CT molecular complexity index is 412. The van der Waals surface area contributed by atoms with E-state index < -0.39 is 0 Å². The molecule has 0 bridgehead atoms. The second-order valence-electron chi connectivity index (χ2n) is 2.36. The Hall–Kier alpha value is -0.690. The van der Waals surface area contributed by atoms with Gasteiger partial charge in [-0.2, -0.15) is 0 Å². The van der Waals surface area contributed by atoms with Crippen molar-refractivity contribution in [3.8, 4) is 0 Å². The van der Waals surface area contributed by atoms with E-state index in [9.17, 15) is 0 Å². The number of hydrogen-bond donors (Lipinski definition) is 2. The van der Waals surface area contributed by atoms with Crippen LogP contribution in [-0.2, 0) is 6.61 Å². The fourth-order valence-electron chi connectivity index (χ4n) is 1.03. The Kier molecular flexibility index (Phi) is 1.97. The second-order valence-corrected chi connectivity index (χ2v) is 3.52. The first kappa shape index (κ1) is 7.93. The first-order valence-corrected chi connectivity index (χ1v) is 4.48. The molecular formula is C7H6IN3O. The van der Waals surface area contributed by atoms with Crippen LogP contribution < -0.4 is 0 Å². The molecule has 62 valence electrons.